The van der Waals surface area contributed by atoms with Crippen LogP contribution >= 0.6 is 0 Å². The third kappa shape index (κ3) is 4.28. The van der Waals surface area contributed by atoms with Crippen LogP contribution in [0.5, 0.6) is 0 Å². The third-order valence-corrected chi connectivity index (χ3v) is 5.16. The minimum Gasteiger partial charge on any atom is -0.306 e. The molecule has 0 fully saturated rings. The highest BCUT2D eigenvalue weighted by atomic mass is 19.4. The number of fused-ring (bicyclic) bond motifs is 1. The van der Waals surface area contributed by atoms with Crippen LogP contribution in [0, 0.1) is 5.41 Å². The fraction of sp³-hybridized carbons (Fsp3) is 0.174. The Hall–Kier alpha value is -3.49. The number of hydrogen-bond donors (Lipinski definition) is 1. The smallest absolute Gasteiger partial charge is 0.306 e. The minimum absolute atomic E-state index is 0.0128. The summed E-state index contributed by atoms with van der Waals surface area (Å²) in [5, 5.41) is 8.61. The van der Waals surface area contributed by atoms with Crippen molar-refractivity contribution in [2.45, 2.75) is 25.4 Å². The lowest BCUT2D eigenvalue weighted by molar-refractivity contribution is -0.138. The van der Waals surface area contributed by atoms with Gasteiger partial charge in [-0.05, 0) is 47.5 Å². The molecule has 0 saturated heterocycles. The zero-order valence-corrected chi connectivity index (χ0v) is 16.5. The van der Waals surface area contributed by atoms with Gasteiger partial charge in [0, 0.05) is 0 Å². The third-order valence-electron chi connectivity index (χ3n) is 5.16. The van der Waals surface area contributed by atoms with Crippen molar-refractivity contribution >= 4 is 11.0 Å². The molecule has 32 heavy (non-hydrogen) atoms. The van der Waals surface area contributed by atoms with Crippen molar-refractivity contribution in [1.82, 2.24) is 9.13 Å². The average molecular weight is 449 g/mol. The molecule has 0 unspecified atom stereocenters. The zero-order valence-electron chi connectivity index (χ0n) is 16.5. The molecule has 4 aromatic rings. The van der Waals surface area contributed by atoms with Crippen LogP contribution in [0.25, 0.3) is 11.0 Å². The molecule has 9 heteroatoms. The van der Waals surface area contributed by atoms with Crippen molar-refractivity contribution in [2.24, 2.45) is 0 Å². The SMILES string of the molecule is N=c1n(Cc2cccc(C(F)(F)F)c2)c2ccccc2n1Cc1cccc(C(F)(F)F)c1. The van der Waals surface area contributed by atoms with E-state index < -0.39 is 23.5 Å². The molecule has 0 amide bonds. The Morgan fingerprint density at radius 1 is 0.594 bits per heavy atom. The number of aromatic nitrogens is 2. The van der Waals surface area contributed by atoms with Gasteiger partial charge in [0.25, 0.3) is 0 Å². The minimum atomic E-state index is -4.48. The summed E-state index contributed by atoms with van der Waals surface area (Å²) < 4.78 is 81.5. The Morgan fingerprint density at radius 2 is 1.00 bits per heavy atom. The maximum absolute atomic E-state index is 13.1. The van der Waals surface area contributed by atoms with Crippen molar-refractivity contribution in [3.05, 3.63) is 101 Å². The van der Waals surface area contributed by atoms with Crippen LogP contribution in [0.2, 0.25) is 0 Å². The van der Waals surface area contributed by atoms with Gasteiger partial charge in [0.05, 0.1) is 35.2 Å². The van der Waals surface area contributed by atoms with Crippen LogP contribution in [0.3, 0.4) is 0 Å². The topological polar surface area (TPSA) is 33.7 Å². The van der Waals surface area contributed by atoms with Crippen LogP contribution in [0.15, 0.2) is 72.8 Å². The molecular formula is C23H17F6N3. The highest BCUT2D eigenvalue weighted by Gasteiger charge is 2.31. The second-order valence-corrected chi connectivity index (χ2v) is 7.38. The van der Waals surface area contributed by atoms with E-state index in [4.69, 9.17) is 5.41 Å². The van der Waals surface area contributed by atoms with Gasteiger partial charge in [0.15, 0.2) is 0 Å². The summed E-state index contributed by atoms with van der Waals surface area (Å²) in [5.74, 6) is 0. The van der Waals surface area contributed by atoms with Crippen molar-refractivity contribution < 1.29 is 26.3 Å². The molecular weight excluding hydrogens is 432 g/mol. The summed E-state index contributed by atoms with van der Waals surface area (Å²) in [4.78, 5) is 0. The molecule has 0 radical (unpaired) electrons. The lowest BCUT2D eigenvalue weighted by atomic mass is 10.1. The van der Waals surface area contributed by atoms with Gasteiger partial charge < -0.3 is 9.13 Å². The van der Waals surface area contributed by atoms with Gasteiger partial charge in [-0.3, -0.25) is 5.41 Å². The number of benzene rings is 3. The van der Waals surface area contributed by atoms with Gasteiger partial charge in [-0.2, -0.15) is 26.3 Å². The Bertz CT molecular complexity index is 1230. The largest absolute Gasteiger partial charge is 0.416 e. The summed E-state index contributed by atoms with van der Waals surface area (Å²) in [6.45, 7) is 0.0255. The number of halogens is 6. The molecule has 3 aromatic carbocycles. The van der Waals surface area contributed by atoms with Crippen LogP contribution in [0.1, 0.15) is 22.3 Å². The van der Waals surface area contributed by atoms with Crippen molar-refractivity contribution in [3.8, 4) is 0 Å². The van der Waals surface area contributed by atoms with E-state index in [1.165, 1.54) is 12.1 Å². The normalized spacial score (nSPS) is 12.4. The number of alkyl halides is 6. The first-order valence-electron chi connectivity index (χ1n) is 9.59. The first-order valence-corrected chi connectivity index (χ1v) is 9.59. The molecule has 1 aromatic heterocycles. The van der Waals surface area contributed by atoms with Crippen LogP contribution in [-0.2, 0) is 25.4 Å². The molecule has 4 rings (SSSR count). The second kappa shape index (κ2) is 7.89. The summed E-state index contributed by atoms with van der Waals surface area (Å²) in [5.41, 5.74) is 0.329. The molecule has 0 bridgehead atoms. The number of nitrogens with zero attached hydrogens (tertiary/aromatic N) is 2. The van der Waals surface area contributed by atoms with Crippen LogP contribution < -0.4 is 5.62 Å². The molecule has 0 atom stereocenters. The van der Waals surface area contributed by atoms with Crippen molar-refractivity contribution in [1.29, 1.82) is 5.41 Å². The Morgan fingerprint density at radius 3 is 1.38 bits per heavy atom. The average Bonchev–Trinajstić information content (AvgIpc) is 2.99. The van der Waals surface area contributed by atoms with Crippen LogP contribution in [0.4, 0.5) is 26.3 Å². The molecule has 3 nitrogen and oxygen atoms in total. The standard InChI is InChI=1S/C23H17F6N3/c24-22(25,26)17-7-3-5-15(11-17)13-31-19-9-1-2-10-20(19)32(21(31)30)14-16-6-4-8-18(12-16)23(27,28)29/h1-12,30H,13-14H2. The number of nitrogens with one attached hydrogen (secondary N) is 1. The fourth-order valence-electron chi connectivity index (χ4n) is 3.67. The second-order valence-electron chi connectivity index (χ2n) is 7.38. The Balaban J connectivity index is 1.76. The summed E-state index contributed by atoms with van der Waals surface area (Å²) >= 11 is 0. The molecule has 1 N–H and O–H groups in total. The van der Waals surface area contributed by atoms with Crippen molar-refractivity contribution in [3.63, 3.8) is 0 Å². The van der Waals surface area contributed by atoms with E-state index in [1.54, 1.807) is 45.5 Å². The van der Waals surface area contributed by atoms with E-state index in [0.717, 1.165) is 24.3 Å². The molecule has 0 saturated carbocycles. The number of imidazole rings is 1. The van der Waals surface area contributed by atoms with E-state index >= 15 is 0 Å². The van der Waals surface area contributed by atoms with Crippen LogP contribution in [-0.4, -0.2) is 9.13 Å². The van der Waals surface area contributed by atoms with Gasteiger partial charge in [-0.15, -0.1) is 0 Å². The first-order chi connectivity index (χ1) is 15.0. The first kappa shape index (κ1) is 21.7. The predicted octanol–water partition coefficient (Wildman–Crippen LogP) is 6.06. The fourth-order valence-corrected chi connectivity index (χ4v) is 3.67. The molecule has 0 spiro atoms. The van der Waals surface area contributed by atoms with E-state index in [1.807, 2.05) is 0 Å². The number of rotatable bonds is 4. The lowest BCUT2D eigenvalue weighted by Gasteiger charge is -2.10. The quantitative estimate of drug-likeness (QED) is 0.368. The predicted molar refractivity (Wildman–Crippen MR) is 107 cm³/mol. The zero-order chi connectivity index (χ0) is 23.1. The van der Waals surface area contributed by atoms with E-state index in [2.05, 4.69) is 0 Å². The molecule has 0 aliphatic rings. The molecule has 0 aliphatic carbocycles. The maximum Gasteiger partial charge on any atom is 0.416 e. The highest BCUT2D eigenvalue weighted by Crippen LogP contribution is 2.31. The summed E-state index contributed by atoms with van der Waals surface area (Å²) in [7, 11) is 0. The van der Waals surface area contributed by atoms with Gasteiger partial charge in [0.1, 0.15) is 0 Å². The van der Waals surface area contributed by atoms with Gasteiger partial charge >= 0.3 is 12.4 Å². The number of hydrogen-bond acceptors (Lipinski definition) is 1. The lowest BCUT2D eigenvalue weighted by Crippen LogP contribution is -2.25. The Labute approximate surface area is 178 Å². The molecule has 0 aliphatic heterocycles. The highest BCUT2D eigenvalue weighted by molar-refractivity contribution is 5.76. The summed E-state index contributed by atoms with van der Waals surface area (Å²) in [6, 6.07) is 16.6. The molecule has 1 heterocycles. The van der Waals surface area contributed by atoms with E-state index in [0.29, 0.717) is 22.2 Å². The Kier molecular flexibility index (Phi) is 5.36. The van der Waals surface area contributed by atoms with Gasteiger partial charge in [0.2, 0.25) is 5.62 Å². The maximum atomic E-state index is 13.1. The van der Waals surface area contributed by atoms with E-state index in [-0.39, 0.29) is 18.7 Å². The monoisotopic (exact) mass is 449 g/mol. The van der Waals surface area contributed by atoms with E-state index in [9.17, 15) is 26.3 Å². The van der Waals surface area contributed by atoms with Gasteiger partial charge in [-0.1, -0.05) is 36.4 Å². The van der Waals surface area contributed by atoms with Crippen molar-refractivity contribution in [2.75, 3.05) is 0 Å². The summed E-state index contributed by atoms with van der Waals surface area (Å²) in [6.07, 6.45) is -8.97. The number of para-hydroxylation sites is 2. The molecule has 166 valence electrons. The van der Waals surface area contributed by atoms with Gasteiger partial charge in [-0.25, -0.2) is 0 Å².